The number of para-hydroxylation sites is 3. The number of hydrogen-bond acceptors (Lipinski definition) is 5. The highest BCUT2D eigenvalue weighted by Gasteiger charge is 2.37. The summed E-state index contributed by atoms with van der Waals surface area (Å²) in [5, 5.41) is 0. The van der Waals surface area contributed by atoms with E-state index in [0.717, 1.165) is 6.20 Å². The van der Waals surface area contributed by atoms with Crippen LogP contribution in [0.3, 0.4) is 0 Å². The molecular formula is C20H18F3N3O2. The minimum atomic E-state index is -4.65. The zero-order valence-electron chi connectivity index (χ0n) is 15.3. The van der Waals surface area contributed by atoms with Crippen LogP contribution in [0.15, 0.2) is 60.8 Å². The van der Waals surface area contributed by atoms with Crippen LogP contribution in [0.2, 0.25) is 0 Å². The van der Waals surface area contributed by atoms with Crippen molar-refractivity contribution in [2.45, 2.75) is 13.1 Å². The van der Waals surface area contributed by atoms with E-state index in [9.17, 15) is 13.2 Å². The minimum absolute atomic E-state index is 0.0749. The average Bonchev–Trinajstić information content (AvgIpc) is 2.69. The fourth-order valence-corrected chi connectivity index (χ4v) is 2.63. The number of rotatable bonds is 6. The van der Waals surface area contributed by atoms with Gasteiger partial charge in [-0.1, -0.05) is 30.3 Å². The molecule has 3 aromatic rings. The van der Waals surface area contributed by atoms with E-state index in [4.69, 9.17) is 9.47 Å². The molecule has 0 fully saturated rings. The smallest absolute Gasteiger partial charge is 0.423 e. The van der Waals surface area contributed by atoms with Crippen LogP contribution in [0, 0.1) is 0 Å². The van der Waals surface area contributed by atoms with Gasteiger partial charge in [0.2, 0.25) is 11.8 Å². The van der Waals surface area contributed by atoms with Gasteiger partial charge >= 0.3 is 6.18 Å². The summed E-state index contributed by atoms with van der Waals surface area (Å²) in [6.07, 6.45) is -3.91. The SMILES string of the molecule is CCN(c1ncc(C(F)(F)F)c(Oc2ccccc2)n1)c1ccccc1OC. The van der Waals surface area contributed by atoms with Crippen LogP contribution in [0.4, 0.5) is 24.8 Å². The van der Waals surface area contributed by atoms with E-state index in [0.29, 0.717) is 18.0 Å². The van der Waals surface area contributed by atoms with E-state index in [1.54, 1.807) is 59.5 Å². The average molecular weight is 389 g/mol. The van der Waals surface area contributed by atoms with Gasteiger partial charge in [-0.15, -0.1) is 0 Å². The highest BCUT2D eigenvalue weighted by Crippen LogP contribution is 2.39. The molecule has 0 amide bonds. The second-order valence-electron chi connectivity index (χ2n) is 5.72. The first-order valence-corrected chi connectivity index (χ1v) is 8.51. The fraction of sp³-hybridized carbons (Fsp3) is 0.200. The largest absolute Gasteiger partial charge is 0.495 e. The molecule has 2 aromatic carbocycles. The third kappa shape index (κ3) is 4.16. The normalized spacial score (nSPS) is 11.2. The number of methoxy groups -OCH3 is 1. The maximum atomic E-state index is 13.4. The van der Waals surface area contributed by atoms with Gasteiger partial charge < -0.3 is 14.4 Å². The lowest BCUT2D eigenvalue weighted by atomic mass is 10.2. The van der Waals surface area contributed by atoms with E-state index < -0.39 is 17.6 Å². The first-order valence-electron chi connectivity index (χ1n) is 8.51. The Morgan fingerprint density at radius 3 is 2.32 bits per heavy atom. The maximum absolute atomic E-state index is 13.4. The molecule has 1 aromatic heterocycles. The molecule has 0 saturated carbocycles. The van der Waals surface area contributed by atoms with Crippen molar-refractivity contribution in [2.24, 2.45) is 0 Å². The molecule has 28 heavy (non-hydrogen) atoms. The number of halogens is 3. The molecule has 0 aliphatic carbocycles. The van der Waals surface area contributed by atoms with Crippen LogP contribution < -0.4 is 14.4 Å². The summed E-state index contributed by atoms with van der Waals surface area (Å²) in [6.45, 7) is 2.25. The molecule has 0 radical (unpaired) electrons. The number of nitrogens with zero attached hydrogens (tertiary/aromatic N) is 3. The number of anilines is 2. The summed E-state index contributed by atoms with van der Waals surface area (Å²) in [4.78, 5) is 9.65. The van der Waals surface area contributed by atoms with Gasteiger partial charge in [-0.2, -0.15) is 18.2 Å². The van der Waals surface area contributed by atoms with Crippen molar-refractivity contribution in [3.63, 3.8) is 0 Å². The standard InChI is InChI=1S/C20H18F3N3O2/c1-3-26(16-11-7-8-12-17(16)27-2)19-24-13-15(20(21,22)23)18(25-19)28-14-9-5-4-6-10-14/h4-13H,3H2,1-2H3. The molecule has 0 unspecified atom stereocenters. The molecule has 0 saturated heterocycles. The van der Waals surface area contributed by atoms with E-state index in [1.165, 1.54) is 7.11 Å². The highest BCUT2D eigenvalue weighted by molar-refractivity contribution is 5.65. The van der Waals surface area contributed by atoms with E-state index in [1.807, 2.05) is 6.92 Å². The Balaban J connectivity index is 2.07. The zero-order chi connectivity index (χ0) is 20.1. The van der Waals surface area contributed by atoms with Crippen molar-refractivity contribution in [1.29, 1.82) is 0 Å². The van der Waals surface area contributed by atoms with Gasteiger partial charge in [-0.25, -0.2) is 4.98 Å². The van der Waals surface area contributed by atoms with Crippen LogP contribution in [-0.2, 0) is 6.18 Å². The molecule has 0 N–H and O–H groups in total. The predicted molar refractivity (Wildman–Crippen MR) is 99.2 cm³/mol. The summed E-state index contributed by atoms with van der Waals surface area (Å²) in [6, 6.07) is 15.3. The Hall–Kier alpha value is -3.29. The van der Waals surface area contributed by atoms with Crippen molar-refractivity contribution in [2.75, 3.05) is 18.6 Å². The first-order chi connectivity index (χ1) is 13.4. The van der Waals surface area contributed by atoms with Crippen LogP contribution in [0.25, 0.3) is 0 Å². The number of aromatic nitrogens is 2. The molecule has 1 heterocycles. The lowest BCUT2D eigenvalue weighted by molar-refractivity contribution is -0.139. The van der Waals surface area contributed by atoms with Crippen LogP contribution >= 0.6 is 0 Å². The van der Waals surface area contributed by atoms with Crippen LogP contribution in [0.1, 0.15) is 12.5 Å². The molecule has 0 aliphatic heterocycles. The van der Waals surface area contributed by atoms with Crippen LogP contribution in [-0.4, -0.2) is 23.6 Å². The highest BCUT2D eigenvalue weighted by atomic mass is 19.4. The van der Waals surface area contributed by atoms with Gasteiger partial charge in [0.25, 0.3) is 0 Å². The molecule has 8 heteroatoms. The van der Waals surface area contributed by atoms with Gasteiger partial charge in [0.05, 0.1) is 12.8 Å². The first kappa shape index (κ1) is 19.5. The monoisotopic (exact) mass is 389 g/mol. The molecular weight excluding hydrogens is 371 g/mol. The van der Waals surface area contributed by atoms with Crippen molar-refractivity contribution < 1.29 is 22.6 Å². The number of benzene rings is 2. The summed E-state index contributed by atoms with van der Waals surface area (Å²) in [7, 11) is 1.52. The van der Waals surface area contributed by atoms with E-state index in [2.05, 4.69) is 9.97 Å². The number of ether oxygens (including phenoxy) is 2. The molecule has 3 rings (SSSR count). The summed E-state index contributed by atoms with van der Waals surface area (Å²) < 4.78 is 51.0. The molecule has 0 atom stereocenters. The Morgan fingerprint density at radius 1 is 1.00 bits per heavy atom. The van der Waals surface area contributed by atoms with Crippen molar-refractivity contribution >= 4 is 11.6 Å². The molecule has 5 nitrogen and oxygen atoms in total. The molecule has 0 spiro atoms. The Kier molecular flexibility index (Phi) is 5.67. The molecule has 0 bridgehead atoms. The quantitative estimate of drug-likeness (QED) is 0.561. The van der Waals surface area contributed by atoms with E-state index >= 15 is 0 Å². The number of alkyl halides is 3. The second-order valence-corrected chi connectivity index (χ2v) is 5.72. The van der Waals surface area contributed by atoms with Crippen LogP contribution in [0.5, 0.6) is 17.4 Å². The Bertz CT molecular complexity index is 933. The summed E-state index contributed by atoms with van der Waals surface area (Å²) in [5.74, 6) is 0.319. The predicted octanol–water partition coefficient (Wildman–Crippen LogP) is 5.45. The number of hydrogen-bond donors (Lipinski definition) is 0. The van der Waals surface area contributed by atoms with E-state index in [-0.39, 0.29) is 11.7 Å². The topological polar surface area (TPSA) is 47.5 Å². The fourth-order valence-electron chi connectivity index (χ4n) is 2.63. The molecule has 0 aliphatic rings. The summed E-state index contributed by atoms with van der Waals surface area (Å²) >= 11 is 0. The molecule has 146 valence electrons. The lowest BCUT2D eigenvalue weighted by Gasteiger charge is -2.24. The Labute approximate surface area is 160 Å². The van der Waals surface area contributed by atoms with Gasteiger partial charge in [0, 0.05) is 12.7 Å². The van der Waals surface area contributed by atoms with Gasteiger partial charge in [-0.05, 0) is 31.2 Å². The van der Waals surface area contributed by atoms with Gasteiger partial charge in [0.15, 0.2) is 0 Å². The van der Waals surface area contributed by atoms with Crippen molar-refractivity contribution in [1.82, 2.24) is 9.97 Å². The third-order valence-electron chi connectivity index (χ3n) is 3.94. The summed E-state index contributed by atoms with van der Waals surface area (Å²) in [5.41, 5.74) is -0.408. The minimum Gasteiger partial charge on any atom is -0.495 e. The lowest BCUT2D eigenvalue weighted by Crippen LogP contribution is -2.21. The van der Waals surface area contributed by atoms with Crippen molar-refractivity contribution in [3.8, 4) is 17.4 Å². The maximum Gasteiger partial charge on any atom is 0.423 e. The second kappa shape index (κ2) is 8.16. The van der Waals surface area contributed by atoms with Crippen molar-refractivity contribution in [3.05, 3.63) is 66.4 Å². The third-order valence-corrected chi connectivity index (χ3v) is 3.94. The van der Waals surface area contributed by atoms with Gasteiger partial charge in [0.1, 0.15) is 17.1 Å². The Morgan fingerprint density at radius 2 is 1.68 bits per heavy atom. The zero-order valence-corrected chi connectivity index (χ0v) is 15.3. The van der Waals surface area contributed by atoms with Gasteiger partial charge in [-0.3, -0.25) is 0 Å².